The molecule has 0 bridgehead atoms. The number of esters is 1. The van der Waals surface area contributed by atoms with E-state index in [1.165, 1.54) is 0 Å². The van der Waals surface area contributed by atoms with Gasteiger partial charge in [0, 0.05) is 0 Å². The van der Waals surface area contributed by atoms with Crippen LogP contribution >= 0.6 is 69.6 Å². The first kappa shape index (κ1) is 15.2. The summed E-state index contributed by atoms with van der Waals surface area (Å²) in [5.74, 6) is -2.34. The van der Waals surface area contributed by atoms with Crippen molar-refractivity contribution in [1.29, 1.82) is 0 Å². The number of hydrogen-bond acceptors (Lipinski definition) is 2. The van der Waals surface area contributed by atoms with Crippen LogP contribution in [0.2, 0.25) is 0 Å². The Morgan fingerprint density at radius 2 is 1.50 bits per heavy atom. The van der Waals surface area contributed by atoms with Crippen LogP contribution in [-0.4, -0.2) is 20.2 Å². The van der Waals surface area contributed by atoms with Crippen LogP contribution in [0, 0.1) is 5.92 Å². The van der Waals surface area contributed by atoms with Gasteiger partial charge in [0.1, 0.15) is 0 Å². The first-order chi connectivity index (χ1) is 6.10. The Morgan fingerprint density at radius 3 is 1.71 bits per heavy atom. The van der Waals surface area contributed by atoms with Gasteiger partial charge >= 0.3 is 5.97 Å². The standard InChI is InChI=1S/C6H6Cl6O2/c1-2-14-4(13)3(5(7,8)9)6(10,11)12/h3H,2H2,1H3. The first-order valence-electron chi connectivity index (χ1n) is 3.40. The normalized spacial score (nSPS) is 13.1. The molecule has 0 aliphatic heterocycles. The Labute approximate surface area is 112 Å². The molecule has 0 aliphatic carbocycles. The van der Waals surface area contributed by atoms with Crippen LogP contribution in [0.3, 0.4) is 0 Å². The Hall–Kier alpha value is 1.21. The highest BCUT2D eigenvalue weighted by atomic mass is 35.6. The Morgan fingerprint density at radius 1 is 1.14 bits per heavy atom. The van der Waals surface area contributed by atoms with Crippen molar-refractivity contribution >= 4 is 75.6 Å². The van der Waals surface area contributed by atoms with Crippen molar-refractivity contribution in [1.82, 2.24) is 0 Å². The molecule has 0 rings (SSSR count). The van der Waals surface area contributed by atoms with Gasteiger partial charge in [-0.2, -0.15) is 0 Å². The van der Waals surface area contributed by atoms with Gasteiger partial charge in [-0.25, -0.2) is 0 Å². The van der Waals surface area contributed by atoms with E-state index in [-0.39, 0.29) is 6.61 Å². The minimum atomic E-state index is -2.03. The summed E-state index contributed by atoms with van der Waals surface area (Å²) in [7, 11) is 0. The van der Waals surface area contributed by atoms with E-state index in [9.17, 15) is 4.79 Å². The van der Waals surface area contributed by atoms with E-state index < -0.39 is 19.5 Å². The molecular weight excluding hydrogens is 317 g/mol. The molecule has 0 atom stereocenters. The number of carbonyl (C=O) groups excluding carboxylic acids is 1. The molecule has 0 radical (unpaired) electrons. The average Bonchev–Trinajstić information content (AvgIpc) is 1.78. The van der Waals surface area contributed by atoms with Gasteiger partial charge in [0.05, 0.1) is 6.61 Å². The van der Waals surface area contributed by atoms with Gasteiger partial charge in [-0.15, -0.1) is 0 Å². The third-order valence-electron chi connectivity index (χ3n) is 1.18. The molecule has 8 heteroatoms. The molecule has 0 saturated heterocycles. The second-order valence-corrected chi connectivity index (χ2v) is 7.01. The molecule has 0 aromatic rings. The van der Waals surface area contributed by atoms with Gasteiger partial charge in [-0.3, -0.25) is 4.79 Å². The summed E-state index contributed by atoms with van der Waals surface area (Å²) in [4.78, 5) is 11.3. The molecule has 14 heavy (non-hydrogen) atoms. The molecule has 0 aliphatic rings. The Kier molecular flexibility index (Phi) is 5.99. The highest BCUT2D eigenvalue weighted by Gasteiger charge is 2.52. The highest BCUT2D eigenvalue weighted by Crippen LogP contribution is 2.48. The van der Waals surface area contributed by atoms with Crippen LogP contribution in [0.15, 0.2) is 0 Å². The minimum absolute atomic E-state index is 0.108. The fraction of sp³-hybridized carbons (Fsp3) is 0.833. The molecule has 0 fully saturated rings. The van der Waals surface area contributed by atoms with Crippen LogP contribution in [0.25, 0.3) is 0 Å². The van der Waals surface area contributed by atoms with Crippen LogP contribution in [0.4, 0.5) is 0 Å². The maximum Gasteiger partial charge on any atom is 0.317 e. The lowest BCUT2D eigenvalue weighted by atomic mass is 10.2. The van der Waals surface area contributed by atoms with E-state index in [1.807, 2.05) is 0 Å². The monoisotopic (exact) mass is 320 g/mol. The predicted molar refractivity (Wildman–Crippen MR) is 60.7 cm³/mol. The maximum absolute atomic E-state index is 11.3. The molecule has 2 nitrogen and oxygen atoms in total. The summed E-state index contributed by atoms with van der Waals surface area (Å²) < 4.78 is 0.551. The largest absolute Gasteiger partial charge is 0.466 e. The molecular formula is C6H6Cl6O2. The summed E-state index contributed by atoms with van der Waals surface area (Å²) in [5, 5.41) is 0. The van der Waals surface area contributed by atoms with Gasteiger partial charge in [-0.05, 0) is 6.92 Å². The Bertz CT molecular complexity index is 191. The van der Waals surface area contributed by atoms with Crippen LogP contribution in [-0.2, 0) is 9.53 Å². The van der Waals surface area contributed by atoms with Gasteiger partial charge in [0.25, 0.3) is 0 Å². The predicted octanol–water partition coefficient (Wildman–Crippen LogP) is 3.91. The Balaban J connectivity index is 4.84. The quantitative estimate of drug-likeness (QED) is 0.569. The number of rotatable bonds is 2. The summed E-state index contributed by atoms with van der Waals surface area (Å²) in [6.07, 6.45) is 0. The van der Waals surface area contributed by atoms with Crippen molar-refractivity contribution in [2.24, 2.45) is 5.92 Å². The lowest BCUT2D eigenvalue weighted by Gasteiger charge is -2.27. The van der Waals surface area contributed by atoms with E-state index in [4.69, 9.17) is 69.6 Å². The van der Waals surface area contributed by atoms with Crippen molar-refractivity contribution in [2.45, 2.75) is 14.5 Å². The topological polar surface area (TPSA) is 26.3 Å². The van der Waals surface area contributed by atoms with Crippen LogP contribution in [0.5, 0.6) is 0 Å². The minimum Gasteiger partial charge on any atom is -0.466 e. The van der Waals surface area contributed by atoms with E-state index in [2.05, 4.69) is 4.74 Å². The zero-order valence-corrected chi connectivity index (χ0v) is 11.4. The second kappa shape index (κ2) is 5.51. The number of alkyl halides is 6. The van der Waals surface area contributed by atoms with Crippen molar-refractivity contribution in [2.75, 3.05) is 6.61 Å². The van der Waals surface area contributed by atoms with Crippen molar-refractivity contribution in [3.63, 3.8) is 0 Å². The molecule has 0 spiro atoms. The van der Waals surface area contributed by atoms with Gasteiger partial charge in [0.15, 0.2) is 5.92 Å². The molecule has 0 amide bonds. The van der Waals surface area contributed by atoms with Crippen molar-refractivity contribution in [3.05, 3.63) is 0 Å². The van der Waals surface area contributed by atoms with Gasteiger partial charge in [0.2, 0.25) is 7.59 Å². The molecule has 0 aromatic heterocycles. The number of ether oxygens (including phenoxy) is 1. The third-order valence-corrected chi connectivity index (χ3v) is 2.49. The van der Waals surface area contributed by atoms with Gasteiger partial charge in [-0.1, -0.05) is 69.6 Å². The molecule has 84 valence electrons. The van der Waals surface area contributed by atoms with Crippen LogP contribution in [0.1, 0.15) is 6.92 Å². The molecule has 0 aromatic carbocycles. The van der Waals surface area contributed by atoms with E-state index in [0.29, 0.717) is 0 Å². The fourth-order valence-electron chi connectivity index (χ4n) is 0.678. The summed E-state index contributed by atoms with van der Waals surface area (Å²) in [6.45, 7) is 1.70. The smallest absolute Gasteiger partial charge is 0.317 e. The first-order valence-corrected chi connectivity index (χ1v) is 5.67. The van der Waals surface area contributed by atoms with E-state index in [0.717, 1.165) is 0 Å². The van der Waals surface area contributed by atoms with Gasteiger partial charge < -0.3 is 4.74 Å². The average molecular weight is 323 g/mol. The number of hydrogen-bond donors (Lipinski definition) is 0. The number of halogens is 6. The van der Waals surface area contributed by atoms with Crippen molar-refractivity contribution < 1.29 is 9.53 Å². The lowest BCUT2D eigenvalue weighted by molar-refractivity contribution is -0.147. The second-order valence-electron chi connectivity index (χ2n) is 2.27. The molecule has 0 N–H and O–H groups in total. The molecule has 0 unspecified atom stereocenters. The van der Waals surface area contributed by atoms with Crippen molar-refractivity contribution in [3.8, 4) is 0 Å². The third kappa shape index (κ3) is 4.82. The zero-order chi connectivity index (χ0) is 11.6. The maximum atomic E-state index is 11.3. The molecule has 0 saturated carbocycles. The summed E-state index contributed by atoms with van der Waals surface area (Å²) in [6, 6.07) is 0. The molecule has 0 heterocycles. The fourth-order valence-corrected chi connectivity index (χ4v) is 2.70. The lowest BCUT2D eigenvalue weighted by Crippen LogP contribution is -2.39. The summed E-state index contributed by atoms with van der Waals surface area (Å²) in [5.41, 5.74) is 0. The highest BCUT2D eigenvalue weighted by molar-refractivity contribution is 6.73. The number of carbonyl (C=O) groups is 1. The van der Waals surface area contributed by atoms with E-state index >= 15 is 0 Å². The SMILES string of the molecule is CCOC(=O)C(C(Cl)(Cl)Cl)C(Cl)(Cl)Cl. The van der Waals surface area contributed by atoms with Crippen LogP contribution < -0.4 is 0 Å². The van der Waals surface area contributed by atoms with E-state index in [1.54, 1.807) is 6.92 Å². The zero-order valence-electron chi connectivity index (χ0n) is 6.87. The summed E-state index contributed by atoms with van der Waals surface area (Å²) >= 11 is 32.9.